The van der Waals surface area contributed by atoms with E-state index in [0.29, 0.717) is 24.5 Å². The summed E-state index contributed by atoms with van der Waals surface area (Å²) in [6.07, 6.45) is 2.78. The van der Waals surface area contributed by atoms with Crippen molar-refractivity contribution in [1.29, 1.82) is 5.26 Å². The zero-order valence-electron chi connectivity index (χ0n) is 16.6. The predicted molar refractivity (Wildman–Crippen MR) is 115 cm³/mol. The Morgan fingerprint density at radius 1 is 1.07 bits per heavy atom. The Labute approximate surface area is 175 Å². The molecule has 0 atom stereocenters. The maximum Gasteiger partial charge on any atom is 0.243 e. The molecule has 0 saturated carbocycles. The highest BCUT2D eigenvalue weighted by molar-refractivity contribution is 7.89. The van der Waals surface area contributed by atoms with Gasteiger partial charge in [0.2, 0.25) is 10.0 Å². The molecule has 0 aliphatic carbocycles. The number of allylic oxidation sites excluding steroid dienone is 1. The lowest BCUT2D eigenvalue weighted by Gasteiger charge is -2.25. The molecule has 154 valence electrons. The van der Waals surface area contributed by atoms with E-state index in [2.05, 4.69) is 4.98 Å². The molecular formula is C22H22N4O3S. The van der Waals surface area contributed by atoms with Gasteiger partial charge in [0, 0.05) is 25.7 Å². The molecule has 0 unspecified atom stereocenters. The van der Waals surface area contributed by atoms with Crippen molar-refractivity contribution in [2.75, 3.05) is 13.1 Å². The van der Waals surface area contributed by atoms with Gasteiger partial charge in [-0.3, -0.25) is 0 Å². The third-order valence-electron chi connectivity index (χ3n) is 5.44. The van der Waals surface area contributed by atoms with Crippen LogP contribution in [0.25, 0.3) is 22.4 Å². The van der Waals surface area contributed by atoms with Crippen LogP contribution in [-0.2, 0) is 17.1 Å². The smallest absolute Gasteiger partial charge is 0.243 e. The van der Waals surface area contributed by atoms with E-state index in [1.165, 1.54) is 28.6 Å². The van der Waals surface area contributed by atoms with Gasteiger partial charge in [-0.1, -0.05) is 18.6 Å². The topological polar surface area (TPSA) is 99.2 Å². The van der Waals surface area contributed by atoms with Gasteiger partial charge in [0.25, 0.3) is 0 Å². The second kappa shape index (κ2) is 7.94. The van der Waals surface area contributed by atoms with Crippen molar-refractivity contribution in [2.45, 2.75) is 24.2 Å². The minimum atomic E-state index is -3.55. The summed E-state index contributed by atoms with van der Waals surface area (Å²) in [6.45, 7) is 1.06. The molecule has 0 amide bonds. The van der Waals surface area contributed by atoms with Gasteiger partial charge in [-0.05, 0) is 49.2 Å². The number of rotatable bonds is 4. The Morgan fingerprint density at radius 2 is 1.73 bits per heavy atom. The first-order valence-electron chi connectivity index (χ1n) is 9.79. The number of aliphatic hydroxyl groups is 1. The van der Waals surface area contributed by atoms with Crippen molar-refractivity contribution >= 4 is 32.4 Å². The number of imidazole rings is 1. The third kappa shape index (κ3) is 3.47. The van der Waals surface area contributed by atoms with E-state index in [1.807, 2.05) is 30.3 Å². The predicted octanol–water partition coefficient (Wildman–Crippen LogP) is 3.70. The van der Waals surface area contributed by atoms with E-state index in [0.717, 1.165) is 30.3 Å². The lowest BCUT2D eigenvalue weighted by Crippen LogP contribution is -2.35. The number of sulfonamides is 1. The first kappa shape index (κ1) is 20.1. The Balaban J connectivity index is 1.71. The number of hydrogen-bond acceptors (Lipinski definition) is 5. The molecule has 1 aromatic heterocycles. The van der Waals surface area contributed by atoms with Crippen LogP contribution >= 0.6 is 0 Å². The van der Waals surface area contributed by atoms with Gasteiger partial charge in [0.15, 0.2) is 5.82 Å². The van der Waals surface area contributed by atoms with Crippen molar-refractivity contribution in [2.24, 2.45) is 7.05 Å². The number of aryl methyl sites for hydroxylation is 1. The van der Waals surface area contributed by atoms with Crippen LogP contribution in [0.1, 0.15) is 30.7 Å². The lowest BCUT2D eigenvalue weighted by molar-refractivity contribution is 0.346. The normalized spacial score (nSPS) is 16.3. The summed E-state index contributed by atoms with van der Waals surface area (Å²) in [5, 5.41) is 20.5. The quantitative estimate of drug-likeness (QED) is 0.511. The molecule has 8 heteroatoms. The molecule has 1 fully saturated rings. The van der Waals surface area contributed by atoms with Gasteiger partial charge in [-0.15, -0.1) is 0 Å². The number of hydrogen-bond donors (Lipinski definition) is 1. The average molecular weight is 423 g/mol. The molecule has 2 heterocycles. The van der Waals surface area contributed by atoms with E-state index in [4.69, 9.17) is 0 Å². The summed E-state index contributed by atoms with van der Waals surface area (Å²) in [5.41, 5.74) is 1.95. The molecule has 0 spiro atoms. The second-order valence-corrected chi connectivity index (χ2v) is 9.25. The van der Waals surface area contributed by atoms with Gasteiger partial charge in [0.1, 0.15) is 17.4 Å². The van der Waals surface area contributed by atoms with Crippen LogP contribution in [-0.4, -0.2) is 40.5 Å². The highest BCUT2D eigenvalue weighted by Crippen LogP contribution is 2.28. The van der Waals surface area contributed by atoms with E-state index in [9.17, 15) is 18.8 Å². The largest absolute Gasteiger partial charge is 0.506 e. The van der Waals surface area contributed by atoms with Crippen LogP contribution in [0, 0.1) is 11.3 Å². The zero-order chi connectivity index (χ0) is 21.3. The maximum absolute atomic E-state index is 12.8. The number of benzene rings is 2. The average Bonchev–Trinajstić information content (AvgIpc) is 3.11. The number of aromatic nitrogens is 2. The van der Waals surface area contributed by atoms with Crippen molar-refractivity contribution in [3.8, 4) is 6.07 Å². The van der Waals surface area contributed by atoms with Crippen molar-refractivity contribution in [1.82, 2.24) is 13.9 Å². The fourth-order valence-corrected chi connectivity index (χ4v) is 5.28. The third-order valence-corrected chi connectivity index (χ3v) is 7.35. The van der Waals surface area contributed by atoms with Gasteiger partial charge >= 0.3 is 0 Å². The molecule has 30 heavy (non-hydrogen) atoms. The summed E-state index contributed by atoms with van der Waals surface area (Å²) in [7, 11) is -1.77. The van der Waals surface area contributed by atoms with Crippen molar-refractivity contribution < 1.29 is 13.5 Å². The van der Waals surface area contributed by atoms with Crippen LogP contribution in [0.5, 0.6) is 0 Å². The number of nitriles is 1. The molecule has 1 aliphatic heterocycles. The highest BCUT2D eigenvalue weighted by Gasteiger charge is 2.26. The SMILES string of the molecule is Cn1c(/C(C#N)=C(\O)c2ccc(S(=O)(=O)N3CCCCC3)cc2)nc2ccccc21. The Morgan fingerprint density at radius 3 is 2.37 bits per heavy atom. The first-order chi connectivity index (χ1) is 14.4. The molecule has 1 saturated heterocycles. The van der Waals surface area contributed by atoms with Gasteiger partial charge in [0.05, 0.1) is 15.9 Å². The molecule has 1 N–H and O–H groups in total. The Bertz CT molecular complexity index is 1260. The fraction of sp³-hybridized carbons (Fsp3) is 0.273. The number of para-hydroxylation sites is 2. The monoisotopic (exact) mass is 422 g/mol. The van der Waals surface area contributed by atoms with E-state index >= 15 is 0 Å². The molecule has 0 radical (unpaired) electrons. The molecule has 3 aromatic rings. The highest BCUT2D eigenvalue weighted by atomic mass is 32.2. The van der Waals surface area contributed by atoms with E-state index in [-0.39, 0.29) is 16.2 Å². The molecule has 0 bridgehead atoms. The molecule has 4 rings (SSSR count). The fourth-order valence-electron chi connectivity index (χ4n) is 3.76. The van der Waals surface area contributed by atoms with Crippen LogP contribution in [0.15, 0.2) is 53.4 Å². The van der Waals surface area contributed by atoms with Crippen molar-refractivity contribution in [3.05, 3.63) is 59.9 Å². The summed E-state index contributed by atoms with van der Waals surface area (Å²) in [4.78, 5) is 4.65. The molecular weight excluding hydrogens is 400 g/mol. The summed E-state index contributed by atoms with van der Waals surface area (Å²) < 4.78 is 28.9. The number of aliphatic hydroxyl groups excluding tert-OH is 1. The van der Waals surface area contributed by atoms with E-state index in [1.54, 1.807) is 11.6 Å². The first-order valence-corrected chi connectivity index (χ1v) is 11.2. The minimum Gasteiger partial charge on any atom is -0.506 e. The van der Waals surface area contributed by atoms with Gasteiger partial charge in [-0.2, -0.15) is 9.57 Å². The summed E-state index contributed by atoms with van der Waals surface area (Å²) in [6, 6.07) is 15.5. The van der Waals surface area contributed by atoms with Gasteiger partial charge < -0.3 is 9.67 Å². The molecule has 2 aromatic carbocycles. The van der Waals surface area contributed by atoms with Crippen LogP contribution in [0.4, 0.5) is 0 Å². The Hall–Kier alpha value is -3.15. The number of nitrogens with zero attached hydrogens (tertiary/aromatic N) is 4. The van der Waals surface area contributed by atoms with Crippen LogP contribution in [0.2, 0.25) is 0 Å². The van der Waals surface area contributed by atoms with Crippen molar-refractivity contribution in [3.63, 3.8) is 0 Å². The zero-order valence-corrected chi connectivity index (χ0v) is 17.4. The molecule has 7 nitrogen and oxygen atoms in total. The maximum atomic E-state index is 12.8. The lowest BCUT2D eigenvalue weighted by atomic mass is 10.1. The minimum absolute atomic E-state index is 0.0281. The number of fused-ring (bicyclic) bond motifs is 1. The van der Waals surface area contributed by atoms with Crippen LogP contribution < -0.4 is 0 Å². The summed E-state index contributed by atoms with van der Waals surface area (Å²) >= 11 is 0. The summed E-state index contributed by atoms with van der Waals surface area (Å²) in [5.74, 6) is 0.110. The number of piperidine rings is 1. The molecule has 1 aliphatic rings. The Kier molecular flexibility index (Phi) is 5.33. The van der Waals surface area contributed by atoms with E-state index < -0.39 is 10.0 Å². The van der Waals surface area contributed by atoms with Crippen LogP contribution in [0.3, 0.4) is 0 Å². The standard InChI is InChI=1S/C22H22N4O3S/c1-25-20-8-4-3-7-19(20)24-22(25)18(15-23)21(27)16-9-11-17(12-10-16)30(28,29)26-13-5-2-6-14-26/h3-4,7-12,27H,2,5-6,13-14H2,1H3/b21-18-. The van der Waals surface area contributed by atoms with Gasteiger partial charge in [-0.25, -0.2) is 13.4 Å². The second-order valence-electron chi connectivity index (χ2n) is 7.31.